The predicted molar refractivity (Wildman–Crippen MR) is 91.8 cm³/mol. The van der Waals surface area contributed by atoms with Crippen molar-refractivity contribution in [3.63, 3.8) is 0 Å². The highest BCUT2D eigenvalue weighted by Crippen LogP contribution is 2.37. The molecular formula is C19H27NO4. The molecule has 0 unspecified atom stereocenters. The fourth-order valence-corrected chi connectivity index (χ4v) is 3.03. The summed E-state index contributed by atoms with van der Waals surface area (Å²) in [6.45, 7) is 8.66. The zero-order valence-corrected chi connectivity index (χ0v) is 15.0. The third kappa shape index (κ3) is 4.08. The van der Waals surface area contributed by atoms with E-state index < -0.39 is 11.0 Å². The molecule has 0 saturated carbocycles. The molecule has 0 aliphatic carbocycles. The fraction of sp³-hybridized carbons (Fsp3) is 0.579. The van der Waals surface area contributed by atoms with Gasteiger partial charge >= 0.3 is 12.1 Å². The molecule has 24 heavy (non-hydrogen) atoms. The Labute approximate surface area is 143 Å². The Morgan fingerprint density at radius 3 is 2.21 bits per heavy atom. The number of carbonyl (C=O) groups is 2. The van der Waals surface area contributed by atoms with E-state index in [1.165, 1.54) is 0 Å². The van der Waals surface area contributed by atoms with Crippen LogP contribution in [0.3, 0.4) is 0 Å². The van der Waals surface area contributed by atoms with E-state index in [0.717, 1.165) is 5.56 Å². The van der Waals surface area contributed by atoms with Gasteiger partial charge in [0.05, 0.1) is 12.0 Å². The van der Waals surface area contributed by atoms with Gasteiger partial charge in [-0.05, 0) is 46.1 Å². The van der Waals surface area contributed by atoms with Crippen LogP contribution in [-0.2, 0) is 19.7 Å². The summed E-state index contributed by atoms with van der Waals surface area (Å²) in [7, 11) is 0. The lowest BCUT2D eigenvalue weighted by Crippen LogP contribution is -2.50. The van der Waals surface area contributed by atoms with E-state index in [1.54, 1.807) is 4.90 Å². The molecule has 5 nitrogen and oxygen atoms in total. The van der Waals surface area contributed by atoms with Crippen LogP contribution in [0.5, 0.6) is 0 Å². The average molecular weight is 333 g/mol. The summed E-state index contributed by atoms with van der Waals surface area (Å²) in [5, 5.41) is 0. The van der Waals surface area contributed by atoms with E-state index in [4.69, 9.17) is 9.47 Å². The first-order valence-corrected chi connectivity index (χ1v) is 8.49. The SMILES string of the molecule is CCOC(=O)C1(c2ccccc2)CCN(C(=O)OC(C)(C)C)CC1. The molecule has 1 aliphatic rings. The summed E-state index contributed by atoms with van der Waals surface area (Å²) in [6.07, 6.45) is 0.748. The number of esters is 1. The number of piperidine rings is 1. The van der Waals surface area contributed by atoms with E-state index in [-0.39, 0.29) is 12.1 Å². The van der Waals surface area contributed by atoms with Crippen LogP contribution in [0.2, 0.25) is 0 Å². The van der Waals surface area contributed by atoms with Crippen LogP contribution in [0.4, 0.5) is 4.79 Å². The number of likely N-dealkylation sites (tertiary alicyclic amines) is 1. The van der Waals surface area contributed by atoms with E-state index in [1.807, 2.05) is 58.0 Å². The number of hydrogen-bond acceptors (Lipinski definition) is 4. The first-order chi connectivity index (χ1) is 11.3. The topological polar surface area (TPSA) is 55.8 Å². The molecule has 2 rings (SSSR count). The van der Waals surface area contributed by atoms with Gasteiger partial charge in [-0.1, -0.05) is 30.3 Å². The van der Waals surface area contributed by atoms with Crippen molar-refractivity contribution < 1.29 is 19.1 Å². The Morgan fingerprint density at radius 2 is 1.71 bits per heavy atom. The zero-order chi connectivity index (χ0) is 17.8. The summed E-state index contributed by atoms with van der Waals surface area (Å²) < 4.78 is 10.8. The molecule has 5 heteroatoms. The van der Waals surface area contributed by atoms with E-state index in [0.29, 0.717) is 32.5 Å². The third-order valence-corrected chi connectivity index (χ3v) is 4.26. The molecule has 0 aromatic heterocycles. The van der Waals surface area contributed by atoms with Gasteiger partial charge in [-0.2, -0.15) is 0 Å². The second kappa shape index (κ2) is 7.24. The zero-order valence-electron chi connectivity index (χ0n) is 15.0. The number of rotatable bonds is 3. The smallest absolute Gasteiger partial charge is 0.410 e. The van der Waals surface area contributed by atoms with Gasteiger partial charge in [-0.15, -0.1) is 0 Å². The van der Waals surface area contributed by atoms with Crippen LogP contribution in [0.15, 0.2) is 30.3 Å². The Morgan fingerprint density at radius 1 is 1.12 bits per heavy atom. The van der Waals surface area contributed by atoms with Crippen LogP contribution in [0.25, 0.3) is 0 Å². The van der Waals surface area contributed by atoms with Crippen molar-refractivity contribution in [1.82, 2.24) is 4.90 Å². The lowest BCUT2D eigenvalue weighted by Gasteiger charge is -2.40. The van der Waals surface area contributed by atoms with Crippen LogP contribution >= 0.6 is 0 Å². The fourth-order valence-electron chi connectivity index (χ4n) is 3.03. The maximum atomic E-state index is 12.7. The summed E-state index contributed by atoms with van der Waals surface area (Å²) in [4.78, 5) is 26.6. The quantitative estimate of drug-likeness (QED) is 0.794. The highest BCUT2D eigenvalue weighted by Gasteiger charge is 2.45. The van der Waals surface area contributed by atoms with Crippen molar-refractivity contribution in [3.8, 4) is 0 Å². The van der Waals surface area contributed by atoms with Gasteiger partial charge < -0.3 is 14.4 Å². The van der Waals surface area contributed by atoms with Gasteiger partial charge in [0.25, 0.3) is 0 Å². The minimum atomic E-state index is -0.685. The van der Waals surface area contributed by atoms with Crippen molar-refractivity contribution in [2.45, 2.75) is 51.6 Å². The van der Waals surface area contributed by atoms with E-state index >= 15 is 0 Å². The number of ether oxygens (including phenoxy) is 2. The molecule has 0 bridgehead atoms. The number of carbonyl (C=O) groups excluding carboxylic acids is 2. The van der Waals surface area contributed by atoms with Gasteiger partial charge in [0, 0.05) is 13.1 Å². The second-order valence-corrected chi connectivity index (χ2v) is 7.14. The molecule has 0 atom stereocenters. The van der Waals surface area contributed by atoms with Gasteiger partial charge in [0.1, 0.15) is 5.60 Å². The summed E-state index contributed by atoms with van der Waals surface area (Å²) in [5.41, 5.74) is -0.255. The lowest BCUT2D eigenvalue weighted by atomic mass is 9.73. The predicted octanol–water partition coefficient (Wildman–Crippen LogP) is 3.52. The molecule has 0 spiro atoms. The number of amides is 1. The maximum Gasteiger partial charge on any atom is 0.410 e. The Hall–Kier alpha value is -2.04. The second-order valence-electron chi connectivity index (χ2n) is 7.14. The van der Waals surface area contributed by atoms with Crippen molar-refractivity contribution >= 4 is 12.1 Å². The third-order valence-electron chi connectivity index (χ3n) is 4.26. The molecule has 1 saturated heterocycles. The molecule has 1 heterocycles. The van der Waals surface area contributed by atoms with Crippen molar-refractivity contribution in [1.29, 1.82) is 0 Å². The number of nitrogens with zero attached hydrogens (tertiary/aromatic N) is 1. The van der Waals surface area contributed by atoms with Gasteiger partial charge in [0.15, 0.2) is 0 Å². The van der Waals surface area contributed by atoms with Crippen molar-refractivity contribution in [2.75, 3.05) is 19.7 Å². The summed E-state index contributed by atoms with van der Waals surface area (Å²) in [5.74, 6) is -0.208. The molecular weight excluding hydrogens is 306 g/mol. The number of hydrogen-bond donors (Lipinski definition) is 0. The number of benzene rings is 1. The molecule has 1 aliphatic heterocycles. The highest BCUT2D eigenvalue weighted by molar-refractivity contribution is 5.84. The van der Waals surface area contributed by atoms with Gasteiger partial charge in [0.2, 0.25) is 0 Å². The first-order valence-electron chi connectivity index (χ1n) is 8.49. The van der Waals surface area contributed by atoms with E-state index in [2.05, 4.69) is 0 Å². The van der Waals surface area contributed by atoms with Crippen LogP contribution in [0.1, 0.15) is 46.1 Å². The Balaban J connectivity index is 2.16. The van der Waals surface area contributed by atoms with Crippen molar-refractivity contribution in [3.05, 3.63) is 35.9 Å². The molecule has 1 fully saturated rings. The summed E-state index contributed by atoms with van der Waals surface area (Å²) >= 11 is 0. The highest BCUT2D eigenvalue weighted by atomic mass is 16.6. The Bertz CT molecular complexity index is 569. The van der Waals surface area contributed by atoms with Crippen molar-refractivity contribution in [2.24, 2.45) is 0 Å². The van der Waals surface area contributed by atoms with Gasteiger partial charge in [-0.25, -0.2) is 4.79 Å². The monoisotopic (exact) mass is 333 g/mol. The first kappa shape index (κ1) is 18.3. The van der Waals surface area contributed by atoms with Crippen LogP contribution in [-0.4, -0.2) is 42.3 Å². The molecule has 0 N–H and O–H groups in total. The molecule has 1 aromatic carbocycles. The molecule has 1 amide bonds. The van der Waals surface area contributed by atoms with Crippen LogP contribution in [0, 0.1) is 0 Å². The average Bonchev–Trinajstić information content (AvgIpc) is 2.54. The van der Waals surface area contributed by atoms with Crippen LogP contribution < -0.4 is 0 Å². The van der Waals surface area contributed by atoms with E-state index in [9.17, 15) is 9.59 Å². The largest absolute Gasteiger partial charge is 0.465 e. The minimum absolute atomic E-state index is 0.208. The molecule has 132 valence electrons. The lowest BCUT2D eigenvalue weighted by molar-refractivity contribution is -0.152. The molecule has 1 aromatic rings. The molecule has 0 radical (unpaired) electrons. The maximum absolute atomic E-state index is 12.7. The standard InChI is InChI=1S/C19H27NO4/c1-5-23-16(21)19(15-9-7-6-8-10-15)11-13-20(14-12-19)17(22)24-18(2,3)4/h6-10H,5,11-14H2,1-4H3. The Kier molecular flexibility index (Phi) is 5.52. The minimum Gasteiger partial charge on any atom is -0.465 e. The normalized spacial score (nSPS) is 17.2. The van der Waals surface area contributed by atoms with Gasteiger partial charge in [-0.3, -0.25) is 4.79 Å². The summed E-state index contributed by atoms with van der Waals surface area (Å²) in [6, 6.07) is 9.70.